The van der Waals surface area contributed by atoms with Gasteiger partial charge in [-0.1, -0.05) is 19.6 Å². The first-order chi connectivity index (χ1) is 8.72. The number of carboxylic acids is 1. The monoisotopic (exact) mass is 290 g/mol. The van der Waals surface area contributed by atoms with E-state index < -0.39 is 26.2 Å². The van der Waals surface area contributed by atoms with Crippen molar-refractivity contribution >= 4 is 20.1 Å². The van der Waals surface area contributed by atoms with Crippen LogP contribution in [-0.2, 0) is 9.53 Å². The minimum absolute atomic E-state index is 0.402. The SMILES string of the molecule is C[Si](C)(C)CCOC(=O)NCCCC[C@H](N)C(=O)O. The topological polar surface area (TPSA) is 102 Å². The maximum Gasteiger partial charge on any atom is 0.407 e. The van der Waals surface area contributed by atoms with Crippen LogP contribution >= 0.6 is 0 Å². The molecule has 0 unspecified atom stereocenters. The van der Waals surface area contributed by atoms with Gasteiger partial charge in [0.05, 0.1) is 6.61 Å². The third-order valence-electron chi connectivity index (χ3n) is 2.61. The van der Waals surface area contributed by atoms with Crippen LogP contribution in [0.15, 0.2) is 0 Å². The Labute approximate surface area is 115 Å². The first kappa shape index (κ1) is 17.9. The lowest BCUT2D eigenvalue weighted by Gasteiger charge is -2.15. The van der Waals surface area contributed by atoms with Gasteiger partial charge in [0.1, 0.15) is 6.04 Å². The second kappa shape index (κ2) is 8.92. The van der Waals surface area contributed by atoms with Gasteiger partial charge in [-0.05, 0) is 25.3 Å². The van der Waals surface area contributed by atoms with Crippen LogP contribution in [0.1, 0.15) is 19.3 Å². The summed E-state index contributed by atoms with van der Waals surface area (Å²) in [6.45, 7) is 7.61. The summed E-state index contributed by atoms with van der Waals surface area (Å²) in [6, 6.07) is 0.136. The number of amides is 1. The van der Waals surface area contributed by atoms with Crippen LogP contribution in [0.5, 0.6) is 0 Å². The number of alkyl carbamates (subject to hydrolysis) is 1. The van der Waals surface area contributed by atoms with E-state index in [0.717, 1.165) is 6.04 Å². The molecule has 19 heavy (non-hydrogen) atoms. The average molecular weight is 290 g/mol. The average Bonchev–Trinajstić information content (AvgIpc) is 2.26. The summed E-state index contributed by atoms with van der Waals surface area (Å²) in [7, 11) is -1.17. The Kier molecular flexibility index (Phi) is 8.41. The van der Waals surface area contributed by atoms with Crippen LogP contribution in [0, 0.1) is 0 Å². The Morgan fingerprint density at radius 1 is 1.32 bits per heavy atom. The second-order valence-corrected chi connectivity index (χ2v) is 11.4. The van der Waals surface area contributed by atoms with Crippen molar-refractivity contribution in [2.24, 2.45) is 5.73 Å². The van der Waals surface area contributed by atoms with Crippen LogP contribution in [0.25, 0.3) is 0 Å². The highest BCUT2D eigenvalue weighted by molar-refractivity contribution is 6.76. The van der Waals surface area contributed by atoms with Gasteiger partial charge in [-0.25, -0.2) is 4.79 Å². The molecule has 0 aliphatic heterocycles. The van der Waals surface area contributed by atoms with E-state index in [2.05, 4.69) is 25.0 Å². The number of carboxylic acid groups (broad SMARTS) is 1. The Hall–Kier alpha value is -1.08. The number of nitrogens with two attached hydrogens (primary N) is 1. The molecule has 7 heteroatoms. The number of aliphatic carboxylic acids is 1. The van der Waals surface area contributed by atoms with Crippen LogP contribution in [-0.4, -0.2) is 44.4 Å². The molecule has 0 bridgehead atoms. The lowest BCUT2D eigenvalue weighted by Crippen LogP contribution is -2.31. The molecule has 1 amide bonds. The lowest BCUT2D eigenvalue weighted by molar-refractivity contribution is -0.138. The van der Waals surface area contributed by atoms with Gasteiger partial charge in [-0.3, -0.25) is 4.79 Å². The molecule has 0 heterocycles. The molecule has 112 valence electrons. The van der Waals surface area contributed by atoms with Crippen molar-refractivity contribution in [3.63, 3.8) is 0 Å². The number of carbonyl (C=O) groups is 2. The van der Waals surface area contributed by atoms with Crippen LogP contribution in [0.2, 0.25) is 25.7 Å². The quantitative estimate of drug-likeness (QED) is 0.442. The Morgan fingerprint density at radius 2 is 1.95 bits per heavy atom. The summed E-state index contributed by atoms with van der Waals surface area (Å²) < 4.78 is 5.05. The van der Waals surface area contributed by atoms with Gasteiger partial charge in [-0.15, -0.1) is 0 Å². The number of hydrogen-bond donors (Lipinski definition) is 3. The Morgan fingerprint density at radius 3 is 2.47 bits per heavy atom. The smallest absolute Gasteiger partial charge is 0.407 e. The van der Waals surface area contributed by atoms with Crippen molar-refractivity contribution in [3.8, 4) is 0 Å². The zero-order valence-electron chi connectivity index (χ0n) is 12.1. The minimum Gasteiger partial charge on any atom is -0.480 e. The van der Waals surface area contributed by atoms with Gasteiger partial charge in [-0.2, -0.15) is 0 Å². The van der Waals surface area contributed by atoms with Gasteiger partial charge in [0.15, 0.2) is 0 Å². The molecule has 0 fully saturated rings. The molecule has 6 nitrogen and oxygen atoms in total. The van der Waals surface area contributed by atoms with E-state index in [1.807, 2.05) is 0 Å². The number of nitrogens with one attached hydrogen (secondary N) is 1. The second-order valence-electron chi connectivity index (χ2n) is 5.81. The normalized spacial score (nSPS) is 12.8. The van der Waals surface area contributed by atoms with Gasteiger partial charge >= 0.3 is 12.1 Å². The highest BCUT2D eigenvalue weighted by atomic mass is 28.3. The molecule has 0 aliphatic rings. The standard InChI is InChI=1S/C12H26N2O4Si/c1-19(2,3)9-8-18-12(17)14-7-5-4-6-10(13)11(15)16/h10H,4-9,13H2,1-3H3,(H,14,17)(H,15,16)/t10-/m0/s1. The summed E-state index contributed by atoms with van der Waals surface area (Å²) in [5.41, 5.74) is 5.36. The molecular formula is C12H26N2O4Si. The van der Waals surface area contributed by atoms with Crippen molar-refractivity contribution in [2.45, 2.75) is 51.0 Å². The molecule has 0 aliphatic carbocycles. The number of carbonyl (C=O) groups excluding carboxylic acids is 1. The van der Waals surface area contributed by atoms with Crippen LogP contribution < -0.4 is 11.1 Å². The molecular weight excluding hydrogens is 264 g/mol. The van der Waals surface area contributed by atoms with Crippen LogP contribution in [0.4, 0.5) is 4.79 Å². The summed E-state index contributed by atoms with van der Waals surface area (Å²) in [5.74, 6) is -0.987. The van der Waals surface area contributed by atoms with E-state index in [4.69, 9.17) is 15.6 Å². The third kappa shape index (κ3) is 11.7. The zero-order valence-corrected chi connectivity index (χ0v) is 13.1. The summed E-state index contributed by atoms with van der Waals surface area (Å²) in [4.78, 5) is 21.8. The first-order valence-corrected chi connectivity index (χ1v) is 10.3. The summed E-state index contributed by atoms with van der Waals surface area (Å²) >= 11 is 0. The lowest BCUT2D eigenvalue weighted by atomic mass is 10.1. The van der Waals surface area contributed by atoms with Crippen molar-refractivity contribution in [1.82, 2.24) is 5.32 Å². The highest BCUT2D eigenvalue weighted by Gasteiger charge is 2.13. The molecule has 0 spiro atoms. The van der Waals surface area contributed by atoms with Crippen LogP contribution in [0.3, 0.4) is 0 Å². The van der Waals surface area contributed by atoms with E-state index in [1.54, 1.807) is 0 Å². The van der Waals surface area contributed by atoms with Crippen molar-refractivity contribution < 1.29 is 19.4 Å². The van der Waals surface area contributed by atoms with Crippen molar-refractivity contribution in [3.05, 3.63) is 0 Å². The van der Waals surface area contributed by atoms with E-state index in [0.29, 0.717) is 32.4 Å². The van der Waals surface area contributed by atoms with Gasteiger partial charge < -0.3 is 20.9 Å². The van der Waals surface area contributed by atoms with Crippen molar-refractivity contribution in [1.29, 1.82) is 0 Å². The first-order valence-electron chi connectivity index (χ1n) is 6.61. The summed E-state index contributed by atoms with van der Waals surface area (Å²) in [5, 5.41) is 11.2. The fourth-order valence-corrected chi connectivity index (χ4v) is 2.02. The molecule has 0 rings (SSSR count). The maximum atomic E-state index is 11.3. The van der Waals surface area contributed by atoms with E-state index in [1.165, 1.54) is 0 Å². The van der Waals surface area contributed by atoms with E-state index in [9.17, 15) is 9.59 Å². The Balaban J connectivity index is 3.47. The fourth-order valence-electron chi connectivity index (χ4n) is 1.30. The molecule has 0 aromatic rings. The molecule has 0 aromatic heterocycles. The van der Waals surface area contributed by atoms with E-state index >= 15 is 0 Å². The molecule has 4 N–H and O–H groups in total. The molecule has 0 aromatic carbocycles. The predicted molar refractivity (Wildman–Crippen MR) is 77.0 cm³/mol. The largest absolute Gasteiger partial charge is 0.480 e. The zero-order chi connectivity index (χ0) is 14.9. The number of hydrogen-bond acceptors (Lipinski definition) is 4. The number of unbranched alkanes of at least 4 members (excludes halogenated alkanes) is 1. The molecule has 0 saturated heterocycles. The predicted octanol–water partition coefficient (Wildman–Crippen LogP) is 1.63. The number of ether oxygens (including phenoxy) is 1. The molecule has 0 saturated carbocycles. The van der Waals surface area contributed by atoms with Gasteiger partial charge in [0, 0.05) is 14.6 Å². The fraction of sp³-hybridized carbons (Fsp3) is 0.833. The van der Waals surface area contributed by atoms with Gasteiger partial charge in [0.25, 0.3) is 0 Å². The van der Waals surface area contributed by atoms with Gasteiger partial charge in [0.2, 0.25) is 0 Å². The number of rotatable bonds is 9. The molecule has 1 atom stereocenters. The summed E-state index contributed by atoms with van der Waals surface area (Å²) in [6.07, 6.45) is 1.38. The van der Waals surface area contributed by atoms with Crippen molar-refractivity contribution in [2.75, 3.05) is 13.2 Å². The molecule has 0 radical (unpaired) electrons. The minimum atomic E-state index is -1.17. The Bertz CT molecular complexity index is 292. The highest BCUT2D eigenvalue weighted by Crippen LogP contribution is 2.07. The maximum absolute atomic E-state index is 11.3. The third-order valence-corrected chi connectivity index (χ3v) is 4.32. The van der Waals surface area contributed by atoms with E-state index in [-0.39, 0.29) is 0 Å².